The first-order valence-corrected chi connectivity index (χ1v) is 7.16. The van der Waals surface area contributed by atoms with E-state index in [-0.39, 0.29) is 5.41 Å². The number of carbonyl (C=O) groups excluding carboxylic acids is 1. The highest BCUT2D eigenvalue weighted by Gasteiger charge is 2.26. The molecule has 3 nitrogen and oxygen atoms in total. The van der Waals surface area contributed by atoms with Crippen LogP contribution in [0.25, 0.3) is 0 Å². The monoisotopic (exact) mass is 302 g/mol. The van der Waals surface area contributed by atoms with Crippen molar-refractivity contribution in [3.05, 3.63) is 65.2 Å². The van der Waals surface area contributed by atoms with Gasteiger partial charge >= 0.3 is 6.03 Å². The van der Waals surface area contributed by atoms with Crippen LogP contribution in [-0.4, -0.2) is 12.6 Å². The average molecular weight is 303 g/mol. The Kier molecular flexibility index (Phi) is 4.53. The highest BCUT2D eigenvalue weighted by atomic mass is 35.5. The lowest BCUT2D eigenvalue weighted by Gasteiger charge is -2.32. The van der Waals surface area contributed by atoms with E-state index in [9.17, 15) is 4.79 Å². The Morgan fingerprint density at radius 2 is 1.67 bits per heavy atom. The van der Waals surface area contributed by atoms with Gasteiger partial charge < -0.3 is 5.73 Å². The van der Waals surface area contributed by atoms with Gasteiger partial charge in [-0.05, 0) is 29.8 Å². The normalized spacial score (nSPS) is 11.2. The van der Waals surface area contributed by atoms with Crippen LogP contribution in [0.15, 0.2) is 54.6 Å². The van der Waals surface area contributed by atoms with Gasteiger partial charge in [-0.25, -0.2) is 4.79 Å². The molecule has 0 spiro atoms. The number of hydrogen-bond donors (Lipinski definition) is 1. The van der Waals surface area contributed by atoms with Gasteiger partial charge in [0.25, 0.3) is 0 Å². The summed E-state index contributed by atoms with van der Waals surface area (Å²) in [7, 11) is 0. The van der Waals surface area contributed by atoms with Crippen LogP contribution in [0.4, 0.5) is 10.5 Å². The summed E-state index contributed by atoms with van der Waals surface area (Å²) in [5, 5.41) is 0.630. The van der Waals surface area contributed by atoms with Crippen molar-refractivity contribution in [1.29, 1.82) is 0 Å². The van der Waals surface area contributed by atoms with E-state index in [4.69, 9.17) is 17.3 Å². The summed E-state index contributed by atoms with van der Waals surface area (Å²) in [6, 6.07) is 16.7. The fourth-order valence-corrected chi connectivity index (χ4v) is 2.42. The molecule has 2 aromatic rings. The predicted molar refractivity (Wildman–Crippen MR) is 87.8 cm³/mol. The molecule has 2 rings (SSSR count). The number of primary amides is 1. The molecule has 0 aliphatic heterocycles. The summed E-state index contributed by atoms with van der Waals surface area (Å²) in [5.74, 6) is 0. The van der Waals surface area contributed by atoms with Crippen molar-refractivity contribution >= 4 is 23.3 Å². The van der Waals surface area contributed by atoms with E-state index in [1.54, 1.807) is 29.2 Å². The van der Waals surface area contributed by atoms with Gasteiger partial charge in [0.1, 0.15) is 0 Å². The van der Waals surface area contributed by atoms with Crippen LogP contribution in [0.3, 0.4) is 0 Å². The Bertz CT molecular complexity index is 608. The number of nitrogens with two attached hydrogens (primary N) is 1. The molecular weight excluding hydrogens is 284 g/mol. The second kappa shape index (κ2) is 6.19. The van der Waals surface area contributed by atoms with Crippen molar-refractivity contribution in [2.24, 2.45) is 5.73 Å². The molecule has 0 aliphatic rings. The second-order valence-corrected chi connectivity index (χ2v) is 6.09. The highest BCUT2D eigenvalue weighted by Crippen LogP contribution is 2.27. The number of urea groups is 1. The molecule has 2 amide bonds. The topological polar surface area (TPSA) is 46.3 Å². The van der Waals surface area contributed by atoms with Crippen molar-refractivity contribution in [2.45, 2.75) is 19.3 Å². The lowest BCUT2D eigenvalue weighted by Crippen LogP contribution is -2.43. The number of nitrogens with zero attached hydrogens (tertiary/aromatic N) is 1. The average Bonchev–Trinajstić information content (AvgIpc) is 2.47. The first-order chi connectivity index (χ1) is 9.90. The molecule has 0 aliphatic carbocycles. The molecule has 0 saturated carbocycles. The molecule has 4 heteroatoms. The standard InChI is InChI=1S/C17H19ClN2O/c1-17(2,13-6-4-3-5-7-13)12-20(16(19)21)15-10-8-14(18)9-11-15/h3-11H,12H2,1-2H3,(H2,19,21). The van der Waals surface area contributed by atoms with Crippen LogP contribution in [0.1, 0.15) is 19.4 Å². The van der Waals surface area contributed by atoms with Crippen LogP contribution in [0.2, 0.25) is 5.02 Å². The number of rotatable bonds is 4. The molecule has 21 heavy (non-hydrogen) atoms. The van der Waals surface area contributed by atoms with E-state index in [1.807, 2.05) is 18.2 Å². The van der Waals surface area contributed by atoms with Gasteiger partial charge in [-0.2, -0.15) is 0 Å². The summed E-state index contributed by atoms with van der Waals surface area (Å²) in [4.78, 5) is 13.4. The van der Waals surface area contributed by atoms with Gasteiger partial charge in [0.15, 0.2) is 0 Å². The molecule has 0 fully saturated rings. The van der Waals surface area contributed by atoms with E-state index in [1.165, 1.54) is 0 Å². The van der Waals surface area contributed by atoms with E-state index < -0.39 is 6.03 Å². The maximum atomic E-state index is 11.8. The predicted octanol–water partition coefficient (Wildman–Crippen LogP) is 4.20. The Balaban J connectivity index is 2.28. The Hall–Kier alpha value is -2.00. The summed E-state index contributed by atoms with van der Waals surface area (Å²) >= 11 is 5.89. The third kappa shape index (κ3) is 3.76. The summed E-state index contributed by atoms with van der Waals surface area (Å²) in [6.07, 6.45) is 0. The molecule has 0 bridgehead atoms. The maximum absolute atomic E-state index is 11.8. The van der Waals surface area contributed by atoms with Crippen LogP contribution >= 0.6 is 11.6 Å². The number of halogens is 1. The van der Waals surface area contributed by atoms with Gasteiger partial charge in [-0.1, -0.05) is 55.8 Å². The molecule has 110 valence electrons. The minimum absolute atomic E-state index is 0.212. The molecule has 2 aromatic carbocycles. The zero-order valence-electron chi connectivity index (χ0n) is 12.2. The SMILES string of the molecule is CC(C)(CN(C(N)=O)c1ccc(Cl)cc1)c1ccccc1. The smallest absolute Gasteiger partial charge is 0.319 e. The Labute approximate surface area is 130 Å². The number of anilines is 1. The van der Waals surface area contributed by atoms with Crippen LogP contribution in [0.5, 0.6) is 0 Å². The first-order valence-electron chi connectivity index (χ1n) is 6.78. The van der Waals surface area contributed by atoms with Crippen LogP contribution in [0, 0.1) is 0 Å². The second-order valence-electron chi connectivity index (χ2n) is 5.65. The fourth-order valence-electron chi connectivity index (χ4n) is 2.29. The molecule has 2 N–H and O–H groups in total. The van der Waals surface area contributed by atoms with Crippen LogP contribution < -0.4 is 10.6 Å². The summed E-state index contributed by atoms with van der Waals surface area (Å²) in [5.41, 5.74) is 7.24. The zero-order valence-corrected chi connectivity index (χ0v) is 13.0. The number of hydrogen-bond acceptors (Lipinski definition) is 1. The minimum atomic E-state index is -0.471. The van der Waals surface area contributed by atoms with Gasteiger partial charge in [-0.3, -0.25) is 4.90 Å². The maximum Gasteiger partial charge on any atom is 0.319 e. The van der Waals surface area contributed by atoms with E-state index in [0.29, 0.717) is 11.6 Å². The highest BCUT2D eigenvalue weighted by molar-refractivity contribution is 6.30. The summed E-state index contributed by atoms with van der Waals surface area (Å²) in [6.45, 7) is 4.68. The van der Waals surface area contributed by atoms with Crippen molar-refractivity contribution in [2.75, 3.05) is 11.4 Å². The first kappa shape index (κ1) is 15.4. The van der Waals surface area contributed by atoms with Gasteiger partial charge in [0.05, 0.1) is 0 Å². The molecule has 0 unspecified atom stereocenters. The van der Waals surface area contributed by atoms with Crippen molar-refractivity contribution in [3.63, 3.8) is 0 Å². The lowest BCUT2D eigenvalue weighted by atomic mass is 9.84. The van der Waals surface area contributed by atoms with Crippen molar-refractivity contribution < 1.29 is 4.79 Å². The molecular formula is C17H19ClN2O. The third-order valence-electron chi connectivity index (χ3n) is 3.51. The van der Waals surface area contributed by atoms with Gasteiger partial charge in [-0.15, -0.1) is 0 Å². The quantitative estimate of drug-likeness (QED) is 0.904. The van der Waals surface area contributed by atoms with E-state index in [0.717, 1.165) is 11.3 Å². The van der Waals surface area contributed by atoms with E-state index in [2.05, 4.69) is 26.0 Å². The Morgan fingerprint density at radius 3 is 2.19 bits per heavy atom. The van der Waals surface area contributed by atoms with Gasteiger partial charge in [0, 0.05) is 22.7 Å². The lowest BCUT2D eigenvalue weighted by molar-refractivity contribution is 0.252. The third-order valence-corrected chi connectivity index (χ3v) is 3.76. The van der Waals surface area contributed by atoms with E-state index >= 15 is 0 Å². The largest absolute Gasteiger partial charge is 0.351 e. The molecule has 0 saturated heterocycles. The number of carbonyl (C=O) groups is 1. The Morgan fingerprint density at radius 1 is 1.10 bits per heavy atom. The molecule has 0 heterocycles. The van der Waals surface area contributed by atoms with Crippen molar-refractivity contribution in [3.8, 4) is 0 Å². The fraction of sp³-hybridized carbons (Fsp3) is 0.235. The minimum Gasteiger partial charge on any atom is -0.351 e. The molecule has 0 atom stereocenters. The summed E-state index contributed by atoms with van der Waals surface area (Å²) < 4.78 is 0. The number of benzene rings is 2. The van der Waals surface area contributed by atoms with Gasteiger partial charge in [0.2, 0.25) is 0 Å². The molecule has 0 radical (unpaired) electrons. The zero-order chi connectivity index (χ0) is 15.5. The van der Waals surface area contributed by atoms with Crippen LogP contribution in [-0.2, 0) is 5.41 Å². The number of amides is 2. The molecule has 0 aromatic heterocycles. The van der Waals surface area contributed by atoms with Crippen molar-refractivity contribution in [1.82, 2.24) is 0 Å².